The Kier molecular flexibility index (Phi) is 3.92. The molecule has 1 N–H and O–H groups in total. The Balaban J connectivity index is 1.94. The van der Waals surface area contributed by atoms with E-state index in [1.165, 1.54) is 15.4 Å². The second-order valence-corrected chi connectivity index (χ2v) is 5.55. The van der Waals surface area contributed by atoms with E-state index in [0.717, 1.165) is 12.2 Å². The van der Waals surface area contributed by atoms with Crippen molar-refractivity contribution in [3.63, 3.8) is 0 Å². The summed E-state index contributed by atoms with van der Waals surface area (Å²) in [6.45, 7) is 7.21. The summed E-state index contributed by atoms with van der Waals surface area (Å²) in [5, 5.41) is 4.67. The first-order chi connectivity index (χ1) is 8.16. The van der Waals surface area contributed by atoms with Gasteiger partial charge in [-0.2, -0.15) is 0 Å². The zero-order valence-electron chi connectivity index (χ0n) is 10.5. The number of hydrogen-bond donors (Lipinski definition) is 1. The third-order valence-corrected chi connectivity index (χ3v) is 4.00. The molecular weight excluding hydrogens is 228 g/mol. The van der Waals surface area contributed by atoms with Gasteiger partial charge in [-0.25, -0.2) is 4.98 Å². The minimum absolute atomic E-state index is 0.362. The molecule has 0 saturated carbocycles. The van der Waals surface area contributed by atoms with Gasteiger partial charge in [0.05, 0.1) is 5.69 Å². The molecule has 0 aliphatic rings. The number of hydrogen-bond acceptors (Lipinski definition) is 3. The zero-order chi connectivity index (χ0) is 12.3. The molecule has 2 aromatic rings. The quantitative estimate of drug-likeness (QED) is 0.891. The minimum Gasteiger partial charge on any atom is -0.304 e. The van der Waals surface area contributed by atoms with E-state index in [1.807, 2.05) is 6.07 Å². The van der Waals surface area contributed by atoms with Crippen LogP contribution >= 0.6 is 11.3 Å². The lowest BCUT2D eigenvalue weighted by molar-refractivity contribution is 0.573. The number of aromatic nitrogens is 1. The number of aryl methyl sites for hydroxylation is 2. The molecule has 0 radical (unpaired) electrons. The van der Waals surface area contributed by atoms with E-state index in [1.54, 1.807) is 11.3 Å². The Bertz CT molecular complexity index is 457. The number of benzene rings is 1. The van der Waals surface area contributed by atoms with Crippen molar-refractivity contribution in [2.45, 2.75) is 33.4 Å². The summed E-state index contributed by atoms with van der Waals surface area (Å²) in [6, 6.07) is 10.9. The molecule has 1 aromatic heterocycles. The Morgan fingerprint density at radius 1 is 1.24 bits per heavy atom. The average molecular weight is 246 g/mol. The molecule has 1 heterocycles. The van der Waals surface area contributed by atoms with Crippen molar-refractivity contribution in [3.05, 3.63) is 51.5 Å². The Morgan fingerprint density at radius 2 is 1.94 bits per heavy atom. The van der Waals surface area contributed by atoms with E-state index in [-0.39, 0.29) is 0 Å². The molecule has 1 atom stereocenters. The van der Waals surface area contributed by atoms with Gasteiger partial charge in [-0.05, 0) is 26.3 Å². The van der Waals surface area contributed by atoms with E-state index < -0.39 is 0 Å². The van der Waals surface area contributed by atoms with Crippen LogP contribution in [0.15, 0.2) is 30.3 Å². The fourth-order valence-corrected chi connectivity index (χ4v) is 2.60. The van der Waals surface area contributed by atoms with Crippen molar-refractivity contribution in [3.8, 4) is 0 Å². The van der Waals surface area contributed by atoms with Crippen molar-refractivity contribution < 1.29 is 0 Å². The Hall–Kier alpha value is -1.19. The van der Waals surface area contributed by atoms with Gasteiger partial charge in [-0.15, -0.1) is 11.3 Å². The Morgan fingerprint density at radius 3 is 2.53 bits per heavy atom. The highest BCUT2D eigenvalue weighted by molar-refractivity contribution is 7.11. The molecule has 0 aliphatic heterocycles. The van der Waals surface area contributed by atoms with Crippen LogP contribution in [0.2, 0.25) is 0 Å². The van der Waals surface area contributed by atoms with Gasteiger partial charge >= 0.3 is 0 Å². The topological polar surface area (TPSA) is 24.9 Å². The molecular formula is C14H18N2S. The molecule has 0 spiro atoms. The third kappa shape index (κ3) is 3.14. The second kappa shape index (κ2) is 5.43. The fraction of sp³-hybridized carbons (Fsp3) is 0.357. The van der Waals surface area contributed by atoms with Crippen LogP contribution in [0, 0.1) is 13.8 Å². The maximum Gasteiger partial charge on any atom is 0.107 e. The van der Waals surface area contributed by atoms with Crippen LogP contribution in [0.25, 0.3) is 0 Å². The average Bonchev–Trinajstić information content (AvgIpc) is 2.67. The van der Waals surface area contributed by atoms with Gasteiger partial charge in [-0.3, -0.25) is 0 Å². The lowest BCUT2D eigenvalue weighted by atomic mass is 10.1. The SMILES string of the molecule is Cc1nc(CN[C@H](C)c2ccccc2)sc1C. The van der Waals surface area contributed by atoms with Crippen LogP contribution in [-0.2, 0) is 6.54 Å². The molecule has 3 heteroatoms. The molecule has 0 amide bonds. The third-order valence-electron chi connectivity index (χ3n) is 2.93. The first-order valence-electron chi connectivity index (χ1n) is 5.88. The number of rotatable bonds is 4. The summed E-state index contributed by atoms with van der Waals surface area (Å²) >= 11 is 1.78. The smallest absolute Gasteiger partial charge is 0.107 e. The van der Waals surface area contributed by atoms with Crippen molar-refractivity contribution in [2.75, 3.05) is 0 Å². The van der Waals surface area contributed by atoms with Crippen LogP contribution in [0.1, 0.15) is 34.1 Å². The highest BCUT2D eigenvalue weighted by atomic mass is 32.1. The van der Waals surface area contributed by atoms with Crippen molar-refractivity contribution >= 4 is 11.3 Å². The molecule has 2 nitrogen and oxygen atoms in total. The molecule has 0 saturated heterocycles. The van der Waals surface area contributed by atoms with Gasteiger partial charge in [0.15, 0.2) is 0 Å². The van der Waals surface area contributed by atoms with E-state index in [4.69, 9.17) is 0 Å². The lowest BCUT2D eigenvalue weighted by Crippen LogP contribution is -2.17. The predicted octanol–water partition coefficient (Wildman–Crippen LogP) is 3.61. The van der Waals surface area contributed by atoms with Crippen LogP contribution in [0.3, 0.4) is 0 Å². The second-order valence-electron chi connectivity index (χ2n) is 4.26. The highest BCUT2D eigenvalue weighted by Gasteiger charge is 2.07. The predicted molar refractivity (Wildman–Crippen MR) is 73.3 cm³/mol. The zero-order valence-corrected chi connectivity index (χ0v) is 11.3. The van der Waals surface area contributed by atoms with E-state index in [0.29, 0.717) is 6.04 Å². The molecule has 0 unspecified atom stereocenters. The van der Waals surface area contributed by atoms with Crippen LogP contribution in [0.5, 0.6) is 0 Å². The molecule has 1 aromatic carbocycles. The van der Waals surface area contributed by atoms with Crippen LogP contribution in [-0.4, -0.2) is 4.98 Å². The first kappa shape index (κ1) is 12.3. The molecule has 2 rings (SSSR count). The van der Waals surface area contributed by atoms with Gasteiger partial charge in [-0.1, -0.05) is 30.3 Å². The van der Waals surface area contributed by atoms with Crippen molar-refractivity contribution in [2.24, 2.45) is 0 Å². The van der Waals surface area contributed by atoms with Crippen LogP contribution in [0.4, 0.5) is 0 Å². The molecule has 0 fully saturated rings. The van der Waals surface area contributed by atoms with Gasteiger partial charge in [0, 0.05) is 17.5 Å². The summed E-state index contributed by atoms with van der Waals surface area (Å²) in [5.41, 5.74) is 2.47. The van der Waals surface area contributed by atoms with Gasteiger partial charge in [0.25, 0.3) is 0 Å². The molecule has 0 bridgehead atoms. The number of thiazole rings is 1. The summed E-state index contributed by atoms with van der Waals surface area (Å²) in [7, 11) is 0. The summed E-state index contributed by atoms with van der Waals surface area (Å²) in [5.74, 6) is 0. The normalized spacial score (nSPS) is 12.6. The molecule has 90 valence electrons. The Labute approximate surface area is 107 Å². The lowest BCUT2D eigenvalue weighted by Gasteiger charge is -2.12. The highest BCUT2D eigenvalue weighted by Crippen LogP contribution is 2.18. The first-order valence-corrected chi connectivity index (χ1v) is 6.69. The van der Waals surface area contributed by atoms with Gasteiger partial charge in [0.1, 0.15) is 5.01 Å². The van der Waals surface area contributed by atoms with E-state index in [2.05, 4.69) is 55.3 Å². The van der Waals surface area contributed by atoms with E-state index >= 15 is 0 Å². The van der Waals surface area contributed by atoms with E-state index in [9.17, 15) is 0 Å². The largest absolute Gasteiger partial charge is 0.304 e. The molecule has 17 heavy (non-hydrogen) atoms. The maximum atomic E-state index is 4.53. The standard InChI is InChI=1S/C14H18N2S/c1-10-12(3)17-14(16-10)9-15-11(2)13-7-5-4-6-8-13/h4-8,11,15H,9H2,1-3H3/t11-/m1/s1. The van der Waals surface area contributed by atoms with Crippen LogP contribution < -0.4 is 5.32 Å². The fourth-order valence-electron chi connectivity index (χ4n) is 1.71. The minimum atomic E-state index is 0.362. The van der Waals surface area contributed by atoms with Gasteiger partial charge in [0.2, 0.25) is 0 Å². The summed E-state index contributed by atoms with van der Waals surface area (Å²) in [4.78, 5) is 5.85. The number of nitrogens with one attached hydrogen (secondary N) is 1. The number of nitrogens with zero attached hydrogens (tertiary/aromatic N) is 1. The van der Waals surface area contributed by atoms with Gasteiger partial charge < -0.3 is 5.32 Å². The van der Waals surface area contributed by atoms with Crippen molar-refractivity contribution in [1.82, 2.24) is 10.3 Å². The summed E-state index contributed by atoms with van der Waals surface area (Å²) in [6.07, 6.45) is 0. The monoisotopic (exact) mass is 246 g/mol. The molecule has 0 aliphatic carbocycles. The maximum absolute atomic E-state index is 4.53. The van der Waals surface area contributed by atoms with Crippen molar-refractivity contribution in [1.29, 1.82) is 0 Å². The summed E-state index contributed by atoms with van der Waals surface area (Å²) < 4.78 is 0.